The summed E-state index contributed by atoms with van der Waals surface area (Å²) in [7, 11) is 0. The number of benzene rings is 2. The molecule has 0 aromatic heterocycles. The molecular formula is C25H29Zr. The predicted molar refractivity (Wildman–Crippen MR) is 108 cm³/mol. The summed E-state index contributed by atoms with van der Waals surface area (Å²) in [5.41, 5.74) is 8.55. The van der Waals surface area contributed by atoms with Gasteiger partial charge in [-0.2, -0.15) is 0 Å². The zero-order chi connectivity index (χ0) is 17.1. The van der Waals surface area contributed by atoms with Gasteiger partial charge in [0, 0.05) is 32.6 Å². The molecule has 4 rings (SSSR count). The molecule has 0 aliphatic heterocycles. The smallest absolute Gasteiger partial charge is 0.0164 e. The molecule has 2 aliphatic carbocycles. The maximum absolute atomic E-state index is 2.46. The topological polar surface area (TPSA) is 0 Å². The fourth-order valence-corrected chi connectivity index (χ4v) is 4.53. The molecule has 1 heteroatoms. The molecule has 0 heterocycles. The zero-order valence-corrected chi connectivity index (χ0v) is 18.4. The van der Waals surface area contributed by atoms with Gasteiger partial charge >= 0.3 is 0 Å². The van der Waals surface area contributed by atoms with Crippen LogP contribution in [0.5, 0.6) is 0 Å². The molecule has 2 aliphatic rings. The van der Waals surface area contributed by atoms with Crippen LogP contribution in [0.2, 0.25) is 0 Å². The van der Waals surface area contributed by atoms with Gasteiger partial charge < -0.3 is 0 Å². The predicted octanol–water partition coefficient (Wildman–Crippen LogP) is 7.22. The number of hydrogen-bond donors (Lipinski definition) is 0. The van der Waals surface area contributed by atoms with Crippen LogP contribution in [0.15, 0.2) is 48.0 Å². The van der Waals surface area contributed by atoms with Gasteiger partial charge in [-0.05, 0) is 46.6 Å². The Balaban J connectivity index is 0.00000196. The first kappa shape index (κ1) is 19.8. The van der Waals surface area contributed by atoms with Gasteiger partial charge in [-0.1, -0.05) is 99.6 Å². The summed E-state index contributed by atoms with van der Waals surface area (Å²) in [4.78, 5) is 0. The van der Waals surface area contributed by atoms with E-state index < -0.39 is 0 Å². The van der Waals surface area contributed by atoms with E-state index in [9.17, 15) is 0 Å². The molecule has 0 saturated heterocycles. The second kappa shape index (κ2) is 9.32. The summed E-state index contributed by atoms with van der Waals surface area (Å²) >= 11 is 0. The molecule has 1 fully saturated rings. The van der Waals surface area contributed by atoms with Gasteiger partial charge in [0.2, 0.25) is 0 Å². The number of aryl methyl sites for hydroxylation is 1. The van der Waals surface area contributed by atoms with Crippen LogP contribution in [0, 0.1) is 12.3 Å². The maximum atomic E-state index is 2.46. The first-order valence-corrected chi connectivity index (χ1v) is 10.1. The van der Waals surface area contributed by atoms with Crippen molar-refractivity contribution in [2.45, 2.75) is 58.3 Å². The minimum absolute atomic E-state index is 0. The van der Waals surface area contributed by atoms with E-state index >= 15 is 0 Å². The van der Waals surface area contributed by atoms with Crippen LogP contribution in [0.25, 0.3) is 17.2 Å². The first-order valence-electron chi connectivity index (χ1n) is 10.1. The third-order valence-electron chi connectivity index (χ3n) is 5.86. The second-order valence-corrected chi connectivity index (χ2v) is 7.83. The summed E-state index contributed by atoms with van der Waals surface area (Å²) < 4.78 is 0. The summed E-state index contributed by atoms with van der Waals surface area (Å²) in [6.45, 7) is 2.24. The Hall–Kier alpha value is -0.937. The molecule has 0 amide bonds. The van der Waals surface area contributed by atoms with Gasteiger partial charge in [0.05, 0.1) is 0 Å². The molecule has 133 valence electrons. The summed E-state index contributed by atoms with van der Waals surface area (Å²) in [5, 5.41) is 0. The van der Waals surface area contributed by atoms with Crippen LogP contribution < -0.4 is 0 Å². The Labute approximate surface area is 178 Å². The molecule has 1 radical (unpaired) electrons. The molecule has 0 bridgehead atoms. The Bertz CT molecular complexity index is 748. The quantitative estimate of drug-likeness (QED) is 0.479. The molecule has 2 aromatic rings. The van der Waals surface area contributed by atoms with Crippen molar-refractivity contribution < 1.29 is 26.2 Å². The summed E-state index contributed by atoms with van der Waals surface area (Å²) in [5.74, 6) is 0.905. The third-order valence-corrected chi connectivity index (χ3v) is 5.86. The van der Waals surface area contributed by atoms with Crippen molar-refractivity contribution in [3.05, 3.63) is 71.1 Å². The van der Waals surface area contributed by atoms with Crippen molar-refractivity contribution in [3.63, 3.8) is 0 Å². The normalized spacial score (nSPS) is 16.7. The van der Waals surface area contributed by atoms with E-state index in [4.69, 9.17) is 0 Å². The van der Waals surface area contributed by atoms with Gasteiger partial charge in [0.25, 0.3) is 0 Å². The van der Waals surface area contributed by atoms with Crippen molar-refractivity contribution in [2.75, 3.05) is 0 Å². The average Bonchev–Trinajstić information content (AvgIpc) is 3.06. The minimum atomic E-state index is 0. The van der Waals surface area contributed by atoms with Gasteiger partial charge in [-0.25, -0.2) is 0 Å². The van der Waals surface area contributed by atoms with E-state index in [2.05, 4.69) is 61.9 Å². The largest absolute Gasteiger partial charge is 0.0651 e. The molecule has 1 saturated carbocycles. The van der Waals surface area contributed by atoms with E-state index in [1.165, 1.54) is 84.8 Å². The Kier molecular flexibility index (Phi) is 7.10. The van der Waals surface area contributed by atoms with Gasteiger partial charge in [0.1, 0.15) is 0 Å². The van der Waals surface area contributed by atoms with Crippen molar-refractivity contribution in [2.24, 2.45) is 5.92 Å². The van der Waals surface area contributed by atoms with E-state index in [0.717, 1.165) is 5.92 Å². The van der Waals surface area contributed by atoms with Crippen molar-refractivity contribution in [1.29, 1.82) is 0 Å². The number of allylic oxidation sites excluding steroid dienone is 1. The zero-order valence-electron chi connectivity index (χ0n) is 15.9. The Morgan fingerprint density at radius 1 is 0.923 bits per heavy atom. The van der Waals surface area contributed by atoms with Crippen molar-refractivity contribution >= 4 is 6.08 Å². The molecule has 0 spiro atoms. The monoisotopic (exact) mass is 419 g/mol. The molecule has 0 unspecified atom stereocenters. The second-order valence-electron chi connectivity index (χ2n) is 7.83. The number of hydrogen-bond acceptors (Lipinski definition) is 0. The Morgan fingerprint density at radius 2 is 1.69 bits per heavy atom. The van der Waals surface area contributed by atoms with Crippen LogP contribution >= 0.6 is 0 Å². The number of fused-ring (bicyclic) bond motifs is 1. The van der Waals surface area contributed by atoms with Crippen LogP contribution in [-0.4, -0.2) is 0 Å². The molecule has 2 aromatic carbocycles. The van der Waals surface area contributed by atoms with Crippen LogP contribution in [-0.2, 0) is 32.6 Å². The molecular weight excluding hydrogens is 391 g/mol. The van der Waals surface area contributed by atoms with Crippen LogP contribution in [0.1, 0.15) is 68.6 Å². The van der Waals surface area contributed by atoms with Gasteiger partial charge in [0.15, 0.2) is 0 Å². The number of rotatable bonds is 5. The fourth-order valence-electron chi connectivity index (χ4n) is 4.53. The van der Waals surface area contributed by atoms with Crippen molar-refractivity contribution in [3.8, 4) is 11.1 Å². The van der Waals surface area contributed by atoms with E-state index in [1.807, 2.05) is 0 Å². The minimum Gasteiger partial charge on any atom is -0.0651 e. The van der Waals surface area contributed by atoms with E-state index in [1.54, 1.807) is 0 Å². The molecule has 0 atom stereocenters. The first-order chi connectivity index (χ1) is 12.3. The fraction of sp³-hybridized carbons (Fsp3) is 0.400. The average molecular weight is 421 g/mol. The maximum Gasteiger partial charge on any atom is 0.0164 e. The van der Waals surface area contributed by atoms with Gasteiger partial charge in [-0.3, -0.25) is 0 Å². The SMILES string of the molecule is CCCc1ccc(-c2cccc3c2C=C(CC2CCCCC2)[CH]3)cc1.[Zr]. The standard InChI is InChI=1S/C25H29.Zr/c1-2-7-19-12-14-22(15-13-19)24-11-6-10-23-17-21(18-25(23)24)16-20-8-4-3-5-9-20;/h6,10-15,17-18,20H,2-5,7-9,16H2,1H3;. The van der Waals surface area contributed by atoms with Crippen LogP contribution in [0.4, 0.5) is 0 Å². The molecule has 0 N–H and O–H groups in total. The molecule has 26 heavy (non-hydrogen) atoms. The van der Waals surface area contributed by atoms with Crippen molar-refractivity contribution in [1.82, 2.24) is 0 Å². The third kappa shape index (κ3) is 4.48. The Morgan fingerprint density at radius 3 is 2.42 bits per heavy atom. The van der Waals surface area contributed by atoms with Crippen LogP contribution in [0.3, 0.4) is 0 Å². The van der Waals surface area contributed by atoms with E-state index in [0.29, 0.717) is 0 Å². The molecule has 0 nitrogen and oxygen atoms in total. The van der Waals surface area contributed by atoms with E-state index in [-0.39, 0.29) is 26.2 Å². The summed E-state index contributed by atoms with van der Waals surface area (Å²) in [6.07, 6.45) is 15.7. The van der Waals surface area contributed by atoms with Gasteiger partial charge in [-0.15, -0.1) is 0 Å². The summed E-state index contributed by atoms with van der Waals surface area (Å²) in [6, 6.07) is 16.0.